The molecule has 3 aromatic carbocycles. The SMILES string of the molecule is CCOc1c(Cl)cc(C(=O)OCC(=O)Nc2ccc3ccccc3c2)cc1OC. The molecule has 29 heavy (non-hydrogen) atoms. The predicted molar refractivity (Wildman–Crippen MR) is 112 cm³/mol. The van der Waals surface area contributed by atoms with E-state index in [4.69, 9.17) is 25.8 Å². The summed E-state index contributed by atoms with van der Waals surface area (Å²) in [5, 5.41) is 5.00. The molecule has 0 spiro atoms. The molecule has 0 bridgehead atoms. The number of hydrogen-bond acceptors (Lipinski definition) is 5. The Balaban J connectivity index is 1.63. The van der Waals surface area contributed by atoms with Crippen molar-refractivity contribution in [1.82, 2.24) is 0 Å². The highest BCUT2D eigenvalue weighted by Crippen LogP contribution is 2.36. The topological polar surface area (TPSA) is 73.9 Å². The van der Waals surface area contributed by atoms with Crippen LogP contribution in [0.15, 0.2) is 54.6 Å². The van der Waals surface area contributed by atoms with Crippen LogP contribution in [0.25, 0.3) is 10.8 Å². The van der Waals surface area contributed by atoms with E-state index in [1.807, 2.05) is 43.3 Å². The monoisotopic (exact) mass is 413 g/mol. The number of anilines is 1. The standard InChI is InChI=1S/C22H20ClNO5/c1-3-28-21-18(23)11-16(12-19(21)27-2)22(26)29-13-20(25)24-17-9-8-14-6-4-5-7-15(14)10-17/h4-12H,3,13H2,1-2H3,(H,24,25). The van der Waals surface area contributed by atoms with Gasteiger partial charge in [-0.3, -0.25) is 4.79 Å². The van der Waals surface area contributed by atoms with Crippen molar-refractivity contribution < 1.29 is 23.8 Å². The molecule has 1 N–H and O–H groups in total. The van der Waals surface area contributed by atoms with Crippen molar-refractivity contribution in [2.45, 2.75) is 6.92 Å². The summed E-state index contributed by atoms with van der Waals surface area (Å²) >= 11 is 6.16. The zero-order chi connectivity index (χ0) is 20.8. The van der Waals surface area contributed by atoms with Crippen LogP contribution >= 0.6 is 11.6 Å². The summed E-state index contributed by atoms with van der Waals surface area (Å²) in [6.45, 7) is 1.78. The number of fused-ring (bicyclic) bond motifs is 1. The first kappa shape index (κ1) is 20.5. The van der Waals surface area contributed by atoms with Crippen LogP contribution in [-0.4, -0.2) is 32.2 Å². The second kappa shape index (κ2) is 9.30. The minimum atomic E-state index is -0.693. The lowest BCUT2D eigenvalue weighted by molar-refractivity contribution is -0.119. The average Bonchev–Trinajstić information content (AvgIpc) is 2.73. The molecule has 150 valence electrons. The van der Waals surface area contributed by atoms with E-state index in [9.17, 15) is 9.59 Å². The zero-order valence-electron chi connectivity index (χ0n) is 16.0. The van der Waals surface area contributed by atoms with Crippen LogP contribution in [0.5, 0.6) is 11.5 Å². The maximum absolute atomic E-state index is 12.3. The van der Waals surface area contributed by atoms with Gasteiger partial charge in [0.1, 0.15) is 0 Å². The largest absolute Gasteiger partial charge is 0.493 e. The van der Waals surface area contributed by atoms with Crippen molar-refractivity contribution >= 4 is 39.9 Å². The first-order valence-electron chi connectivity index (χ1n) is 8.98. The Morgan fingerprint density at radius 2 is 1.79 bits per heavy atom. The van der Waals surface area contributed by atoms with E-state index < -0.39 is 18.5 Å². The van der Waals surface area contributed by atoms with Gasteiger partial charge in [-0.15, -0.1) is 0 Å². The van der Waals surface area contributed by atoms with Crippen LogP contribution in [0.2, 0.25) is 5.02 Å². The molecule has 3 rings (SSSR count). The average molecular weight is 414 g/mol. The van der Waals surface area contributed by atoms with Crippen molar-refractivity contribution in [3.8, 4) is 11.5 Å². The van der Waals surface area contributed by atoms with Gasteiger partial charge in [-0.25, -0.2) is 4.79 Å². The number of ether oxygens (including phenoxy) is 3. The predicted octanol–water partition coefficient (Wildman–Crippen LogP) is 4.70. The summed E-state index contributed by atoms with van der Waals surface area (Å²) in [5.41, 5.74) is 0.782. The molecule has 0 aliphatic heterocycles. The third kappa shape index (κ3) is 4.97. The number of rotatable bonds is 7. The quantitative estimate of drug-likeness (QED) is 0.568. The second-order valence-electron chi connectivity index (χ2n) is 6.11. The van der Waals surface area contributed by atoms with E-state index >= 15 is 0 Å². The maximum Gasteiger partial charge on any atom is 0.338 e. The molecule has 3 aromatic rings. The van der Waals surface area contributed by atoms with E-state index in [2.05, 4.69) is 5.32 Å². The van der Waals surface area contributed by atoms with Gasteiger partial charge in [-0.1, -0.05) is 41.9 Å². The van der Waals surface area contributed by atoms with Gasteiger partial charge in [0, 0.05) is 5.69 Å². The van der Waals surface area contributed by atoms with Crippen molar-refractivity contribution in [3.63, 3.8) is 0 Å². The van der Waals surface area contributed by atoms with Crippen LogP contribution in [0, 0.1) is 0 Å². The molecule has 0 unspecified atom stereocenters. The molecule has 0 aliphatic carbocycles. The number of carbonyl (C=O) groups excluding carboxylic acids is 2. The number of benzene rings is 3. The van der Waals surface area contributed by atoms with Crippen molar-refractivity contribution in [2.75, 3.05) is 25.6 Å². The number of hydrogen-bond donors (Lipinski definition) is 1. The first-order chi connectivity index (χ1) is 14.0. The molecule has 0 aromatic heterocycles. The summed E-state index contributed by atoms with van der Waals surface area (Å²) in [6, 6.07) is 16.2. The first-order valence-corrected chi connectivity index (χ1v) is 9.35. The van der Waals surface area contributed by atoms with Gasteiger partial charge in [0.05, 0.1) is 24.3 Å². The fourth-order valence-electron chi connectivity index (χ4n) is 2.80. The summed E-state index contributed by atoms with van der Waals surface area (Å²) in [4.78, 5) is 24.5. The highest BCUT2D eigenvalue weighted by atomic mass is 35.5. The van der Waals surface area contributed by atoms with Gasteiger partial charge in [0.25, 0.3) is 5.91 Å². The van der Waals surface area contributed by atoms with Crippen LogP contribution in [-0.2, 0) is 9.53 Å². The lowest BCUT2D eigenvalue weighted by Crippen LogP contribution is -2.21. The van der Waals surface area contributed by atoms with E-state index in [-0.39, 0.29) is 10.6 Å². The number of esters is 1. The van der Waals surface area contributed by atoms with Crippen LogP contribution in [0.1, 0.15) is 17.3 Å². The van der Waals surface area contributed by atoms with Gasteiger partial charge >= 0.3 is 5.97 Å². The molecule has 0 radical (unpaired) electrons. The van der Waals surface area contributed by atoms with E-state index in [0.29, 0.717) is 23.8 Å². The Morgan fingerprint density at radius 3 is 2.52 bits per heavy atom. The molecule has 1 amide bonds. The molecule has 0 aliphatic rings. The number of methoxy groups -OCH3 is 1. The van der Waals surface area contributed by atoms with E-state index in [0.717, 1.165) is 10.8 Å². The zero-order valence-corrected chi connectivity index (χ0v) is 16.8. The second-order valence-corrected chi connectivity index (χ2v) is 6.52. The van der Waals surface area contributed by atoms with Gasteiger partial charge in [-0.05, 0) is 42.0 Å². The van der Waals surface area contributed by atoms with Crippen LogP contribution in [0.4, 0.5) is 5.69 Å². The Morgan fingerprint density at radius 1 is 1.03 bits per heavy atom. The van der Waals surface area contributed by atoms with E-state index in [1.165, 1.54) is 19.2 Å². The summed E-state index contributed by atoms with van der Waals surface area (Å²) in [6.07, 6.45) is 0. The summed E-state index contributed by atoms with van der Waals surface area (Å²) < 4.78 is 15.7. The van der Waals surface area contributed by atoms with Gasteiger partial charge in [-0.2, -0.15) is 0 Å². The van der Waals surface area contributed by atoms with Crippen LogP contribution < -0.4 is 14.8 Å². The minimum Gasteiger partial charge on any atom is -0.493 e. The van der Waals surface area contributed by atoms with Gasteiger partial charge in [0.2, 0.25) is 0 Å². The Bertz CT molecular complexity index is 1050. The van der Waals surface area contributed by atoms with E-state index in [1.54, 1.807) is 6.07 Å². The van der Waals surface area contributed by atoms with Gasteiger partial charge < -0.3 is 19.5 Å². The minimum absolute atomic E-state index is 0.161. The normalized spacial score (nSPS) is 10.4. The molecule has 0 saturated carbocycles. The molecule has 6 nitrogen and oxygen atoms in total. The lowest BCUT2D eigenvalue weighted by Gasteiger charge is -2.13. The number of carbonyl (C=O) groups is 2. The van der Waals surface area contributed by atoms with Crippen molar-refractivity contribution in [2.24, 2.45) is 0 Å². The summed E-state index contributed by atoms with van der Waals surface area (Å²) in [7, 11) is 1.44. The molecule has 0 saturated heterocycles. The number of halogens is 1. The third-order valence-corrected chi connectivity index (χ3v) is 4.40. The number of amides is 1. The molecule has 0 atom stereocenters. The molecular formula is C22H20ClNO5. The maximum atomic E-state index is 12.3. The lowest BCUT2D eigenvalue weighted by atomic mass is 10.1. The smallest absolute Gasteiger partial charge is 0.338 e. The fraction of sp³-hybridized carbons (Fsp3) is 0.182. The molecule has 0 heterocycles. The molecule has 0 fully saturated rings. The fourth-order valence-corrected chi connectivity index (χ4v) is 3.07. The third-order valence-electron chi connectivity index (χ3n) is 4.12. The van der Waals surface area contributed by atoms with Crippen LogP contribution in [0.3, 0.4) is 0 Å². The summed E-state index contributed by atoms with van der Waals surface area (Å²) in [5.74, 6) is -0.478. The van der Waals surface area contributed by atoms with Gasteiger partial charge in [0.15, 0.2) is 18.1 Å². The Hall–Kier alpha value is -3.25. The molecule has 7 heteroatoms. The number of nitrogens with one attached hydrogen (secondary N) is 1. The highest BCUT2D eigenvalue weighted by molar-refractivity contribution is 6.32. The highest BCUT2D eigenvalue weighted by Gasteiger charge is 2.17. The molecular weight excluding hydrogens is 394 g/mol. The Kier molecular flexibility index (Phi) is 6.57. The Labute approximate surface area is 173 Å². The van der Waals surface area contributed by atoms with Crippen molar-refractivity contribution in [1.29, 1.82) is 0 Å². The van der Waals surface area contributed by atoms with Crippen molar-refractivity contribution in [3.05, 3.63) is 65.2 Å².